The van der Waals surface area contributed by atoms with E-state index in [1.54, 1.807) is 25.1 Å². The molecule has 3 rings (SSSR count). The molecule has 0 aromatic heterocycles. The molecule has 20 heavy (non-hydrogen) atoms. The molecule has 1 aliphatic carbocycles. The van der Waals surface area contributed by atoms with Crippen LogP contribution in [-0.2, 0) is 9.84 Å². The van der Waals surface area contributed by atoms with E-state index in [4.69, 9.17) is 15.2 Å². The van der Waals surface area contributed by atoms with Crippen molar-refractivity contribution in [2.45, 2.75) is 23.6 Å². The third kappa shape index (κ3) is 1.81. The van der Waals surface area contributed by atoms with Gasteiger partial charge in [0, 0.05) is 11.7 Å². The van der Waals surface area contributed by atoms with E-state index < -0.39 is 26.5 Å². The Morgan fingerprint density at radius 1 is 1.40 bits per heavy atom. The third-order valence-corrected chi connectivity index (χ3v) is 6.41. The molecular formula is C13H17NO5S. The summed E-state index contributed by atoms with van der Waals surface area (Å²) in [6, 6.07) is 5.26. The maximum atomic E-state index is 12.1. The van der Waals surface area contributed by atoms with Crippen LogP contribution in [0.2, 0.25) is 0 Å². The lowest BCUT2D eigenvalue weighted by Gasteiger charge is -2.07. The second-order valence-corrected chi connectivity index (χ2v) is 7.64. The summed E-state index contributed by atoms with van der Waals surface area (Å²) in [4.78, 5) is 0. The lowest BCUT2D eigenvalue weighted by Crippen LogP contribution is -2.35. The molecule has 110 valence electrons. The molecule has 3 atom stereocenters. The van der Waals surface area contributed by atoms with Crippen LogP contribution in [0.3, 0.4) is 0 Å². The molecule has 1 aromatic carbocycles. The van der Waals surface area contributed by atoms with E-state index in [1.807, 2.05) is 0 Å². The van der Waals surface area contributed by atoms with Crippen molar-refractivity contribution in [3.05, 3.63) is 23.8 Å². The van der Waals surface area contributed by atoms with E-state index in [-0.39, 0.29) is 19.2 Å². The second-order valence-electron chi connectivity index (χ2n) is 5.23. The van der Waals surface area contributed by atoms with Crippen LogP contribution in [0.5, 0.6) is 11.5 Å². The first kappa shape index (κ1) is 13.7. The van der Waals surface area contributed by atoms with Crippen molar-refractivity contribution < 1.29 is 23.0 Å². The molecule has 7 heteroatoms. The summed E-state index contributed by atoms with van der Waals surface area (Å²) < 4.78 is 34.7. The van der Waals surface area contributed by atoms with Gasteiger partial charge in [0.25, 0.3) is 0 Å². The Bertz CT molecular complexity index is 644. The number of aliphatic hydroxyl groups excluding tert-OH is 1. The Kier molecular flexibility index (Phi) is 2.97. The standard InChI is InChI=1S/C13H17NO5S/c1-2-20(16,17)12-11(13(12,14)6-15)8-3-4-9-10(5-8)19-7-18-9/h3-5,11-12,15H,2,6-7,14H2,1H3/t11-,12-,13-/m1/s1. The van der Waals surface area contributed by atoms with E-state index >= 15 is 0 Å². The predicted octanol–water partition coefficient (Wildman–Crippen LogP) is 0.00560. The number of hydrogen-bond donors (Lipinski definition) is 2. The summed E-state index contributed by atoms with van der Waals surface area (Å²) in [5, 5.41) is 8.73. The second kappa shape index (κ2) is 4.34. The first-order chi connectivity index (χ1) is 9.44. The van der Waals surface area contributed by atoms with Gasteiger partial charge in [0.05, 0.1) is 17.4 Å². The van der Waals surface area contributed by atoms with Crippen LogP contribution in [0.4, 0.5) is 0 Å². The highest BCUT2D eigenvalue weighted by Crippen LogP contribution is 2.55. The summed E-state index contributed by atoms with van der Waals surface area (Å²) in [5.41, 5.74) is 5.72. The number of rotatable bonds is 4. The minimum absolute atomic E-state index is 0.0116. The molecule has 0 radical (unpaired) electrons. The molecule has 2 aliphatic rings. The molecule has 1 saturated carbocycles. The number of sulfone groups is 1. The Balaban J connectivity index is 1.98. The number of aliphatic hydroxyl groups is 1. The van der Waals surface area contributed by atoms with Crippen LogP contribution in [0.15, 0.2) is 18.2 Å². The molecule has 0 spiro atoms. The Hall–Kier alpha value is -1.31. The van der Waals surface area contributed by atoms with Gasteiger partial charge in [-0.25, -0.2) is 8.42 Å². The van der Waals surface area contributed by atoms with Gasteiger partial charge in [-0.05, 0) is 17.7 Å². The summed E-state index contributed by atoms with van der Waals surface area (Å²) in [6.07, 6.45) is 0. The van der Waals surface area contributed by atoms with Crippen molar-refractivity contribution in [3.8, 4) is 11.5 Å². The van der Waals surface area contributed by atoms with Gasteiger partial charge in [-0.15, -0.1) is 0 Å². The lowest BCUT2D eigenvalue weighted by molar-refractivity contribution is 0.174. The number of ether oxygens (including phenoxy) is 2. The SMILES string of the molecule is CCS(=O)(=O)[C@@H]1[C@@H](c2ccc3c(c2)OCO3)[C@]1(N)CO. The average molecular weight is 299 g/mol. The highest BCUT2D eigenvalue weighted by Gasteiger charge is 2.68. The Labute approximate surface area is 117 Å². The number of benzene rings is 1. The van der Waals surface area contributed by atoms with Crippen LogP contribution < -0.4 is 15.2 Å². The maximum absolute atomic E-state index is 12.1. The van der Waals surface area contributed by atoms with Crippen molar-refractivity contribution in [1.82, 2.24) is 0 Å². The van der Waals surface area contributed by atoms with E-state index in [9.17, 15) is 13.5 Å². The Morgan fingerprint density at radius 3 is 2.75 bits per heavy atom. The van der Waals surface area contributed by atoms with Crippen molar-refractivity contribution >= 4 is 9.84 Å². The van der Waals surface area contributed by atoms with Crippen LogP contribution in [0.1, 0.15) is 18.4 Å². The fourth-order valence-corrected chi connectivity index (χ4v) is 4.92. The predicted molar refractivity (Wildman–Crippen MR) is 72.6 cm³/mol. The lowest BCUT2D eigenvalue weighted by atomic mass is 10.1. The third-order valence-electron chi connectivity index (χ3n) is 4.12. The summed E-state index contributed by atoms with van der Waals surface area (Å²) in [6.45, 7) is 1.38. The summed E-state index contributed by atoms with van der Waals surface area (Å²) in [7, 11) is -3.31. The van der Waals surface area contributed by atoms with Gasteiger partial charge in [-0.1, -0.05) is 13.0 Å². The molecular weight excluding hydrogens is 282 g/mol. The van der Waals surface area contributed by atoms with E-state index in [0.29, 0.717) is 11.5 Å². The van der Waals surface area contributed by atoms with Gasteiger partial charge < -0.3 is 20.3 Å². The van der Waals surface area contributed by atoms with Gasteiger partial charge in [-0.3, -0.25) is 0 Å². The molecule has 3 N–H and O–H groups in total. The quantitative estimate of drug-likeness (QED) is 0.812. The molecule has 0 amide bonds. The summed E-state index contributed by atoms with van der Waals surface area (Å²) >= 11 is 0. The zero-order chi connectivity index (χ0) is 14.5. The van der Waals surface area contributed by atoms with E-state index in [2.05, 4.69) is 0 Å². The van der Waals surface area contributed by atoms with Crippen LogP contribution in [0, 0.1) is 0 Å². The summed E-state index contributed by atoms with van der Waals surface area (Å²) in [5.74, 6) is 0.822. The average Bonchev–Trinajstić information content (AvgIpc) is 2.83. The molecule has 0 unspecified atom stereocenters. The molecule has 1 fully saturated rings. The van der Waals surface area contributed by atoms with Crippen molar-refractivity contribution in [3.63, 3.8) is 0 Å². The maximum Gasteiger partial charge on any atom is 0.231 e. The fraction of sp³-hybridized carbons (Fsp3) is 0.538. The molecule has 0 bridgehead atoms. The van der Waals surface area contributed by atoms with Crippen molar-refractivity contribution in [1.29, 1.82) is 0 Å². The van der Waals surface area contributed by atoms with Gasteiger partial charge in [0.1, 0.15) is 0 Å². The minimum atomic E-state index is -3.31. The number of nitrogens with two attached hydrogens (primary N) is 1. The molecule has 1 aliphatic heterocycles. The highest BCUT2D eigenvalue weighted by molar-refractivity contribution is 7.92. The topological polar surface area (TPSA) is 98.9 Å². The molecule has 1 heterocycles. The first-order valence-corrected chi connectivity index (χ1v) is 8.16. The van der Waals surface area contributed by atoms with Gasteiger partial charge >= 0.3 is 0 Å². The highest BCUT2D eigenvalue weighted by atomic mass is 32.2. The zero-order valence-electron chi connectivity index (χ0n) is 11.1. The number of fused-ring (bicyclic) bond motifs is 1. The smallest absolute Gasteiger partial charge is 0.231 e. The Morgan fingerprint density at radius 2 is 2.10 bits per heavy atom. The monoisotopic (exact) mass is 299 g/mol. The molecule has 6 nitrogen and oxygen atoms in total. The zero-order valence-corrected chi connectivity index (χ0v) is 11.9. The number of hydrogen-bond acceptors (Lipinski definition) is 6. The fourth-order valence-electron chi connectivity index (χ4n) is 2.92. The molecule has 1 aromatic rings. The van der Waals surface area contributed by atoms with Crippen molar-refractivity contribution in [2.24, 2.45) is 5.73 Å². The van der Waals surface area contributed by atoms with Gasteiger partial charge in [0.2, 0.25) is 6.79 Å². The first-order valence-electron chi connectivity index (χ1n) is 6.45. The van der Waals surface area contributed by atoms with E-state index in [1.165, 1.54) is 0 Å². The largest absolute Gasteiger partial charge is 0.454 e. The van der Waals surface area contributed by atoms with Gasteiger partial charge in [0.15, 0.2) is 21.3 Å². The van der Waals surface area contributed by atoms with Crippen LogP contribution >= 0.6 is 0 Å². The van der Waals surface area contributed by atoms with Crippen LogP contribution in [0.25, 0.3) is 0 Å². The van der Waals surface area contributed by atoms with Gasteiger partial charge in [-0.2, -0.15) is 0 Å². The minimum Gasteiger partial charge on any atom is -0.454 e. The van der Waals surface area contributed by atoms with Crippen LogP contribution in [-0.4, -0.2) is 43.5 Å². The van der Waals surface area contributed by atoms with Crippen molar-refractivity contribution in [2.75, 3.05) is 19.2 Å². The van der Waals surface area contributed by atoms with E-state index in [0.717, 1.165) is 5.56 Å². The normalized spacial score (nSPS) is 31.4. The molecule has 0 saturated heterocycles.